The van der Waals surface area contributed by atoms with Crippen LogP contribution < -0.4 is 5.32 Å². The van der Waals surface area contributed by atoms with E-state index in [0.717, 1.165) is 11.1 Å². The lowest BCUT2D eigenvalue weighted by molar-refractivity contribution is -0.137. The van der Waals surface area contributed by atoms with E-state index >= 15 is 0 Å². The van der Waals surface area contributed by atoms with Crippen LogP contribution in [0, 0.1) is 5.92 Å². The molecule has 0 radical (unpaired) electrons. The first-order chi connectivity index (χ1) is 11.8. The van der Waals surface area contributed by atoms with Gasteiger partial charge in [0.25, 0.3) is 0 Å². The molecule has 136 valence electrons. The maximum Gasteiger partial charge on any atom is 0.303 e. The highest BCUT2D eigenvalue weighted by atomic mass is 16.4. The van der Waals surface area contributed by atoms with Crippen molar-refractivity contribution in [2.45, 2.75) is 32.7 Å². The minimum Gasteiger partial charge on any atom is -0.508 e. The number of allylic oxidation sites excluding steroid dienone is 3. The fourth-order valence-corrected chi connectivity index (χ4v) is 2.37. The highest BCUT2D eigenvalue weighted by Gasteiger charge is 2.10. The van der Waals surface area contributed by atoms with Crippen molar-refractivity contribution < 1.29 is 24.9 Å². The molecule has 0 heterocycles. The Hall–Kier alpha value is -2.60. The third kappa shape index (κ3) is 8.72. The first kappa shape index (κ1) is 20.4. The van der Waals surface area contributed by atoms with Crippen LogP contribution in [0.15, 0.2) is 48.1 Å². The summed E-state index contributed by atoms with van der Waals surface area (Å²) < 4.78 is 0. The van der Waals surface area contributed by atoms with E-state index in [4.69, 9.17) is 5.11 Å². The summed E-state index contributed by atoms with van der Waals surface area (Å²) in [6, 6.07) is 6.14. The monoisotopic (exact) mass is 347 g/mol. The van der Waals surface area contributed by atoms with Crippen LogP contribution in [0.2, 0.25) is 0 Å². The Morgan fingerprint density at radius 1 is 1.20 bits per heavy atom. The summed E-state index contributed by atoms with van der Waals surface area (Å²) in [6.45, 7) is 3.39. The zero-order chi connectivity index (χ0) is 18.8. The Labute approximate surface area is 147 Å². The molecule has 6 heteroatoms. The molecular weight excluding hydrogens is 322 g/mol. The maximum absolute atomic E-state index is 12.0. The largest absolute Gasteiger partial charge is 0.508 e. The van der Waals surface area contributed by atoms with Gasteiger partial charge in [0.2, 0.25) is 5.91 Å². The van der Waals surface area contributed by atoms with Gasteiger partial charge in [0.1, 0.15) is 5.75 Å². The van der Waals surface area contributed by atoms with Crippen LogP contribution in [-0.2, 0) is 16.0 Å². The van der Waals surface area contributed by atoms with Crippen LogP contribution in [0.1, 0.15) is 25.8 Å². The minimum atomic E-state index is -0.863. The predicted molar refractivity (Wildman–Crippen MR) is 95.1 cm³/mol. The van der Waals surface area contributed by atoms with E-state index < -0.39 is 12.0 Å². The Bertz CT molecular complexity index is 634. The molecule has 0 spiro atoms. The molecule has 0 fully saturated rings. The molecule has 1 aromatic carbocycles. The van der Waals surface area contributed by atoms with E-state index in [2.05, 4.69) is 5.32 Å². The van der Waals surface area contributed by atoms with Crippen LogP contribution in [0.4, 0.5) is 0 Å². The van der Waals surface area contributed by atoms with Crippen molar-refractivity contribution >= 4 is 11.9 Å². The van der Waals surface area contributed by atoms with Crippen LogP contribution in [0.5, 0.6) is 5.75 Å². The minimum absolute atomic E-state index is 0.0383. The summed E-state index contributed by atoms with van der Waals surface area (Å²) in [5.41, 5.74) is 1.68. The second kappa shape index (κ2) is 10.3. The molecule has 0 saturated carbocycles. The molecule has 0 saturated heterocycles. The smallest absolute Gasteiger partial charge is 0.303 e. The van der Waals surface area contributed by atoms with Gasteiger partial charge in [-0.2, -0.15) is 0 Å². The van der Waals surface area contributed by atoms with E-state index in [1.54, 1.807) is 50.3 Å². The normalized spacial score (nSPS) is 14.3. The van der Waals surface area contributed by atoms with Gasteiger partial charge < -0.3 is 20.6 Å². The van der Waals surface area contributed by atoms with Crippen LogP contribution in [0.3, 0.4) is 0 Å². The number of aromatic hydroxyl groups is 1. The quantitative estimate of drug-likeness (QED) is 0.404. The molecule has 0 aliphatic heterocycles. The number of hydrogen-bond donors (Lipinski definition) is 4. The molecule has 0 unspecified atom stereocenters. The summed E-state index contributed by atoms with van der Waals surface area (Å²) in [7, 11) is 0. The number of phenolic OH excluding ortho intramolecular Hbond substituents is 1. The average molecular weight is 347 g/mol. The Morgan fingerprint density at radius 3 is 2.40 bits per heavy atom. The first-order valence-electron chi connectivity index (χ1n) is 8.07. The molecule has 0 aromatic heterocycles. The fraction of sp³-hybridized carbons (Fsp3) is 0.368. The molecule has 4 N–H and O–H groups in total. The van der Waals surface area contributed by atoms with E-state index in [1.165, 1.54) is 6.08 Å². The maximum atomic E-state index is 12.0. The topological polar surface area (TPSA) is 107 Å². The van der Waals surface area contributed by atoms with Crippen molar-refractivity contribution in [3.63, 3.8) is 0 Å². The number of carbonyl (C=O) groups excluding carboxylic acids is 1. The number of rotatable bonds is 9. The van der Waals surface area contributed by atoms with Gasteiger partial charge in [-0.05, 0) is 37.0 Å². The molecular formula is C19H25NO5. The van der Waals surface area contributed by atoms with Crippen molar-refractivity contribution in [1.82, 2.24) is 5.32 Å². The van der Waals surface area contributed by atoms with E-state index in [9.17, 15) is 19.8 Å². The fourth-order valence-electron chi connectivity index (χ4n) is 2.37. The third-order valence-corrected chi connectivity index (χ3v) is 3.53. The highest BCUT2D eigenvalue weighted by molar-refractivity contribution is 5.88. The van der Waals surface area contributed by atoms with Gasteiger partial charge in [0, 0.05) is 6.08 Å². The molecule has 2 atom stereocenters. The number of aliphatic carboxylic acids is 1. The molecule has 6 nitrogen and oxygen atoms in total. The van der Waals surface area contributed by atoms with Crippen molar-refractivity contribution in [2.24, 2.45) is 5.92 Å². The molecule has 25 heavy (non-hydrogen) atoms. The number of hydrogen-bond acceptors (Lipinski definition) is 4. The number of aliphatic hydroxyl groups is 1. The van der Waals surface area contributed by atoms with E-state index in [-0.39, 0.29) is 30.6 Å². The number of phenols is 1. The molecule has 0 aliphatic carbocycles. The number of carboxylic acids is 1. The summed E-state index contributed by atoms with van der Waals surface area (Å²) in [4.78, 5) is 22.6. The van der Waals surface area contributed by atoms with Crippen molar-refractivity contribution in [3.05, 3.63) is 53.6 Å². The number of aliphatic hydroxyl groups excluding tert-OH is 1. The molecule has 1 rings (SSSR count). The summed E-state index contributed by atoms with van der Waals surface area (Å²) >= 11 is 0. The van der Waals surface area contributed by atoms with Gasteiger partial charge in [-0.3, -0.25) is 9.59 Å². The lowest BCUT2D eigenvalue weighted by Gasteiger charge is -2.15. The number of amides is 1. The highest BCUT2D eigenvalue weighted by Crippen LogP contribution is 2.11. The van der Waals surface area contributed by atoms with Crippen LogP contribution in [0.25, 0.3) is 0 Å². The third-order valence-electron chi connectivity index (χ3n) is 3.53. The molecule has 0 aliphatic rings. The summed E-state index contributed by atoms with van der Waals surface area (Å²) in [5.74, 6) is -1.16. The Morgan fingerprint density at radius 2 is 1.84 bits per heavy atom. The number of nitrogens with one attached hydrogen (secondary N) is 1. The van der Waals surface area contributed by atoms with Crippen LogP contribution in [-0.4, -0.2) is 39.8 Å². The van der Waals surface area contributed by atoms with Crippen molar-refractivity contribution in [2.75, 3.05) is 6.61 Å². The molecule has 1 aromatic rings. The van der Waals surface area contributed by atoms with Gasteiger partial charge in [-0.15, -0.1) is 0 Å². The summed E-state index contributed by atoms with van der Waals surface area (Å²) in [5, 5.41) is 30.1. The van der Waals surface area contributed by atoms with E-state index in [1.807, 2.05) is 0 Å². The van der Waals surface area contributed by atoms with Gasteiger partial charge in [0.15, 0.2) is 0 Å². The van der Waals surface area contributed by atoms with Crippen molar-refractivity contribution in [3.8, 4) is 5.75 Å². The lowest BCUT2D eigenvalue weighted by atomic mass is 10.0. The SMILES string of the molecule is CC(C=CC(=O)N[C@H](CO)Cc1ccc(O)cc1)=C[C@@H](C)CC(=O)O. The van der Waals surface area contributed by atoms with Crippen LogP contribution >= 0.6 is 0 Å². The zero-order valence-electron chi connectivity index (χ0n) is 14.5. The van der Waals surface area contributed by atoms with Gasteiger partial charge in [-0.1, -0.05) is 36.8 Å². The van der Waals surface area contributed by atoms with E-state index in [0.29, 0.717) is 6.42 Å². The molecule has 1 amide bonds. The van der Waals surface area contributed by atoms with Gasteiger partial charge in [-0.25, -0.2) is 0 Å². The predicted octanol–water partition coefficient (Wildman–Crippen LogP) is 2.03. The lowest BCUT2D eigenvalue weighted by Crippen LogP contribution is -2.38. The first-order valence-corrected chi connectivity index (χ1v) is 8.07. The van der Waals surface area contributed by atoms with Gasteiger partial charge >= 0.3 is 5.97 Å². The Kier molecular flexibility index (Phi) is 8.43. The zero-order valence-corrected chi connectivity index (χ0v) is 14.5. The average Bonchev–Trinajstić information content (AvgIpc) is 2.53. The number of carbonyl (C=O) groups is 2. The number of carboxylic acid groups (broad SMARTS) is 1. The standard InChI is InChI=1S/C19H25NO5/c1-13(9-14(2)10-19(24)25)3-8-18(23)20-16(12-21)11-15-4-6-17(22)7-5-15/h3-9,14,16,21-22H,10-12H2,1-2H3,(H,20,23)(H,24,25)/t14-,16+/m1/s1. The van der Waals surface area contributed by atoms with Crippen molar-refractivity contribution in [1.29, 1.82) is 0 Å². The molecule has 0 bridgehead atoms. The second-order valence-electron chi connectivity index (χ2n) is 6.08. The second-order valence-corrected chi connectivity index (χ2v) is 6.08. The summed E-state index contributed by atoms with van der Waals surface area (Å²) in [6.07, 6.45) is 5.25. The van der Waals surface area contributed by atoms with Gasteiger partial charge in [0.05, 0.1) is 19.1 Å². The number of benzene rings is 1. The Balaban J connectivity index is 2.56.